The number of carbonyl (C=O) groups is 1. The highest BCUT2D eigenvalue weighted by molar-refractivity contribution is 7.07. The predicted molar refractivity (Wildman–Crippen MR) is 119 cm³/mol. The van der Waals surface area contributed by atoms with Gasteiger partial charge in [-0.3, -0.25) is 9.36 Å². The molecule has 2 aromatic carbocycles. The number of aromatic nitrogens is 1. The number of methoxy groups -OCH3 is 1. The van der Waals surface area contributed by atoms with Crippen molar-refractivity contribution < 1.29 is 19.7 Å². The number of nitrogens with two attached hydrogens (primary N) is 1. The van der Waals surface area contributed by atoms with E-state index in [2.05, 4.69) is 6.07 Å². The van der Waals surface area contributed by atoms with Crippen LogP contribution in [0.25, 0.3) is 17.5 Å². The van der Waals surface area contributed by atoms with Crippen LogP contribution in [-0.4, -0.2) is 27.9 Å². The molecule has 1 aliphatic rings. The van der Waals surface area contributed by atoms with Crippen LogP contribution in [0.5, 0.6) is 11.5 Å². The van der Waals surface area contributed by atoms with Crippen LogP contribution < -0.4 is 20.5 Å². The van der Waals surface area contributed by atoms with Crippen LogP contribution in [0.3, 0.4) is 0 Å². The Hall–Kier alpha value is -4.29. The molecule has 0 amide bonds. The van der Waals surface area contributed by atoms with E-state index < -0.39 is 17.4 Å². The highest BCUT2D eigenvalue weighted by Gasteiger charge is 2.36. The average molecular weight is 447 g/mol. The Morgan fingerprint density at radius 1 is 1.16 bits per heavy atom. The number of rotatable bonds is 3. The number of ether oxygens (including phenoxy) is 1. The number of carbonyl (C=O) groups excluding carboxylic acids is 1. The molecule has 8 nitrogen and oxygen atoms in total. The number of aromatic hydroxyl groups is 2. The molecule has 0 saturated carbocycles. The smallest absolute Gasteiger partial charge is 0.338 e. The van der Waals surface area contributed by atoms with Crippen LogP contribution in [-0.2, 0) is 9.53 Å². The zero-order valence-corrected chi connectivity index (χ0v) is 17.6. The fourth-order valence-corrected chi connectivity index (χ4v) is 4.71. The van der Waals surface area contributed by atoms with Gasteiger partial charge < -0.3 is 20.7 Å². The van der Waals surface area contributed by atoms with Gasteiger partial charge in [-0.05, 0) is 41.5 Å². The van der Waals surface area contributed by atoms with E-state index in [0.717, 1.165) is 15.9 Å². The lowest BCUT2D eigenvalue weighted by molar-refractivity contribution is -0.136. The molecule has 0 spiro atoms. The number of hydrogen-bond acceptors (Lipinski definition) is 8. The molecule has 1 unspecified atom stereocenters. The Morgan fingerprint density at radius 2 is 1.75 bits per heavy atom. The van der Waals surface area contributed by atoms with E-state index in [1.165, 1.54) is 31.4 Å². The molecule has 4 N–H and O–H groups in total. The summed E-state index contributed by atoms with van der Waals surface area (Å²) in [5.41, 5.74) is 7.17. The molecule has 1 atom stereocenters. The Bertz CT molecular complexity index is 1470. The first-order chi connectivity index (χ1) is 15.3. The number of fused-ring (bicyclic) bond motifs is 1. The van der Waals surface area contributed by atoms with E-state index >= 15 is 0 Å². The second kappa shape index (κ2) is 8.09. The first kappa shape index (κ1) is 21.0. The maximum Gasteiger partial charge on any atom is 0.338 e. The first-order valence-electron chi connectivity index (χ1n) is 9.40. The van der Waals surface area contributed by atoms with Crippen molar-refractivity contribution in [1.29, 1.82) is 5.26 Å². The second-order valence-electron chi connectivity index (χ2n) is 6.99. The van der Waals surface area contributed by atoms with E-state index in [9.17, 15) is 25.1 Å². The molecule has 3 aromatic rings. The quantitative estimate of drug-likeness (QED) is 0.508. The third-order valence-electron chi connectivity index (χ3n) is 5.09. The summed E-state index contributed by atoms with van der Waals surface area (Å²) in [7, 11) is 1.19. The number of nitriles is 1. The van der Waals surface area contributed by atoms with Gasteiger partial charge in [0.2, 0.25) is 0 Å². The lowest BCUT2D eigenvalue weighted by atomic mass is 9.84. The fraction of sp³-hybridized carbons (Fsp3) is 0.0870. The van der Waals surface area contributed by atoms with Gasteiger partial charge in [0.05, 0.1) is 34.8 Å². The van der Waals surface area contributed by atoms with E-state index in [0.29, 0.717) is 20.3 Å². The summed E-state index contributed by atoms with van der Waals surface area (Å²) in [6.07, 6.45) is 1.62. The SMILES string of the molecule is COC(=O)C1=C(N)n2c(sc(=Cc3ccc(O)cc3)c2=O)=C(C#N)C1c1ccc(O)cc1. The maximum absolute atomic E-state index is 13.2. The fourth-order valence-electron chi connectivity index (χ4n) is 3.58. The molecule has 4 rings (SSSR count). The van der Waals surface area contributed by atoms with Crippen LogP contribution in [0.4, 0.5) is 0 Å². The van der Waals surface area contributed by atoms with E-state index in [1.54, 1.807) is 30.3 Å². The van der Waals surface area contributed by atoms with Crippen molar-refractivity contribution in [2.24, 2.45) is 5.73 Å². The number of phenolic OH excluding ortho intramolecular Hbond substituents is 2. The Morgan fingerprint density at radius 3 is 2.31 bits per heavy atom. The van der Waals surface area contributed by atoms with Crippen molar-refractivity contribution in [2.75, 3.05) is 7.11 Å². The molecule has 9 heteroatoms. The molecule has 160 valence electrons. The largest absolute Gasteiger partial charge is 0.508 e. The molecule has 0 aliphatic carbocycles. The molecule has 0 fully saturated rings. The van der Waals surface area contributed by atoms with Gasteiger partial charge in [0.1, 0.15) is 22.0 Å². The van der Waals surface area contributed by atoms with Crippen LogP contribution in [0.1, 0.15) is 17.0 Å². The normalized spacial score (nSPS) is 15.9. The lowest BCUT2D eigenvalue weighted by Crippen LogP contribution is -2.40. The van der Waals surface area contributed by atoms with E-state index in [4.69, 9.17) is 10.5 Å². The summed E-state index contributed by atoms with van der Waals surface area (Å²) >= 11 is 1.08. The highest BCUT2D eigenvalue weighted by Crippen LogP contribution is 2.37. The van der Waals surface area contributed by atoms with E-state index in [-0.39, 0.29) is 28.5 Å². The second-order valence-corrected chi connectivity index (χ2v) is 8.02. The minimum Gasteiger partial charge on any atom is -0.508 e. The number of nitrogens with zero attached hydrogens (tertiary/aromatic N) is 2. The topological polar surface area (TPSA) is 139 Å². The molecule has 2 heterocycles. The molecule has 32 heavy (non-hydrogen) atoms. The number of thiazole rings is 1. The monoisotopic (exact) mass is 447 g/mol. The minimum absolute atomic E-state index is 0.0263. The van der Waals surface area contributed by atoms with Crippen LogP contribution >= 0.6 is 11.3 Å². The van der Waals surface area contributed by atoms with Gasteiger partial charge in [0.25, 0.3) is 5.56 Å². The molecule has 0 saturated heterocycles. The van der Waals surface area contributed by atoms with Gasteiger partial charge in [-0.2, -0.15) is 5.26 Å². The highest BCUT2D eigenvalue weighted by atomic mass is 32.1. The molecule has 1 aliphatic heterocycles. The summed E-state index contributed by atoms with van der Waals surface area (Å²) in [5.74, 6) is -1.63. The van der Waals surface area contributed by atoms with Crippen molar-refractivity contribution in [3.05, 3.63) is 84.8 Å². The van der Waals surface area contributed by atoms with Crippen molar-refractivity contribution in [3.8, 4) is 17.6 Å². The van der Waals surface area contributed by atoms with Gasteiger partial charge in [0, 0.05) is 0 Å². The van der Waals surface area contributed by atoms with Crippen molar-refractivity contribution in [3.63, 3.8) is 0 Å². The summed E-state index contributed by atoms with van der Waals surface area (Å²) in [6, 6.07) is 14.4. The zero-order chi connectivity index (χ0) is 23.0. The molecular weight excluding hydrogens is 430 g/mol. The van der Waals surface area contributed by atoms with Crippen molar-refractivity contribution in [2.45, 2.75) is 5.92 Å². The Kier molecular flexibility index (Phi) is 5.30. The lowest BCUT2D eigenvalue weighted by Gasteiger charge is -2.24. The Labute approximate surface area is 185 Å². The van der Waals surface area contributed by atoms with Crippen molar-refractivity contribution in [1.82, 2.24) is 4.57 Å². The molecule has 0 radical (unpaired) electrons. The van der Waals surface area contributed by atoms with Crippen LogP contribution in [0.15, 0.2) is 58.9 Å². The summed E-state index contributed by atoms with van der Waals surface area (Å²) in [6.45, 7) is 0. The standard InChI is InChI=1S/C23H17N3O5S/c1-31-23(30)19-18(13-4-8-15(28)9-5-13)16(11-24)22-26(20(19)25)21(29)17(32-22)10-12-2-6-14(27)7-3-12/h2-10,18,27-28H,25H2,1H3. The Balaban J connectivity index is 2.06. The predicted octanol–water partition coefficient (Wildman–Crippen LogP) is 0.922. The third kappa shape index (κ3) is 3.42. The summed E-state index contributed by atoms with van der Waals surface area (Å²) in [5, 5.41) is 29.1. The number of hydrogen-bond donors (Lipinski definition) is 3. The van der Waals surface area contributed by atoms with Gasteiger partial charge in [-0.25, -0.2) is 4.79 Å². The first-order valence-corrected chi connectivity index (χ1v) is 10.2. The van der Waals surface area contributed by atoms with Gasteiger partial charge >= 0.3 is 5.97 Å². The number of benzene rings is 2. The minimum atomic E-state index is -0.868. The third-order valence-corrected chi connectivity index (χ3v) is 6.20. The van der Waals surface area contributed by atoms with Crippen LogP contribution in [0.2, 0.25) is 0 Å². The van der Waals surface area contributed by atoms with Gasteiger partial charge in [-0.1, -0.05) is 24.3 Å². The number of phenols is 2. The van der Waals surface area contributed by atoms with E-state index in [1.807, 2.05) is 0 Å². The van der Waals surface area contributed by atoms with Gasteiger partial charge in [0.15, 0.2) is 0 Å². The van der Waals surface area contributed by atoms with Gasteiger partial charge in [-0.15, -0.1) is 11.3 Å². The summed E-state index contributed by atoms with van der Waals surface area (Å²) in [4.78, 5) is 25.8. The van der Waals surface area contributed by atoms with Crippen molar-refractivity contribution >= 4 is 34.8 Å². The molecular formula is C23H17N3O5S. The summed E-state index contributed by atoms with van der Waals surface area (Å²) < 4.78 is 6.67. The maximum atomic E-state index is 13.2. The molecule has 0 bridgehead atoms. The average Bonchev–Trinajstić information content (AvgIpc) is 3.11. The molecule has 1 aromatic heterocycles. The number of esters is 1. The zero-order valence-electron chi connectivity index (χ0n) is 16.8. The van der Waals surface area contributed by atoms with Crippen LogP contribution in [0, 0.1) is 11.3 Å².